The molecule has 0 aromatic heterocycles. The molecule has 2 aromatic carbocycles. The summed E-state index contributed by atoms with van der Waals surface area (Å²) in [6.45, 7) is 4.11. The van der Waals surface area contributed by atoms with Crippen LogP contribution in [0, 0.1) is 11.8 Å². The van der Waals surface area contributed by atoms with Crippen LogP contribution in [0.3, 0.4) is 0 Å². The second-order valence-corrected chi connectivity index (χ2v) is 9.19. The number of likely N-dealkylation sites (N-methyl/N-ethyl adjacent to an activating group) is 1. The Labute approximate surface area is 205 Å². The first-order chi connectivity index (χ1) is 16.8. The van der Waals surface area contributed by atoms with Crippen molar-refractivity contribution in [1.29, 1.82) is 0 Å². The molecular weight excluding hydrogens is 446 g/mol. The number of rotatable bonds is 8. The van der Waals surface area contributed by atoms with Crippen molar-refractivity contribution in [3.63, 3.8) is 0 Å². The van der Waals surface area contributed by atoms with Gasteiger partial charge in [-0.3, -0.25) is 29.4 Å². The number of benzene rings is 2. The summed E-state index contributed by atoms with van der Waals surface area (Å²) < 4.78 is 5.22. The van der Waals surface area contributed by atoms with Gasteiger partial charge in [0.25, 0.3) is 0 Å². The lowest BCUT2D eigenvalue weighted by Crippen LogP contribution is -2.59. The van der Waals surface area contributed by atoms with Gasteiger partial charge in [-0.15, -0.1) is 0 Å². The lowest BCUT2D eigenvalue weighted by atomic mass is 9.76. The monoisotopic (exact) mass is 477 g/mol. The first kappa shape index (κ1) is 24.6. The van der Waals surface area contributed by atoms with E-state index in [1.54, 1.807) is 4.90 Å². The molecule has 0 bridgehead atoms. The van der Waals surface area contributed by atoms with Gasteiger partial charge in [0.1, 0.15) is 5.54 Å². The highest BCUT2D eigenvalue weighted by Gasteiger charge is 2.68. The average molecular weight is 478 g/mol. The third-order valence-electron chi connectivity index (χ3n) is 7.15. The van der Waals surface area contributed by atoms with Crippen molar-refractivity contribution in [2.75, 3.05) is 20.2 Å². The highest BCUT2D eigenvalue weighted by Crippen LogP contribution is 2.45. The molecule has 2 aliphatic rings. The Balaban J connectivity index is 1.77. The molecular formula is C27H31N3O5. The summed E-state index contributed by atoms with van der Waals surface area (Å²) in [5.41, 5.74) is 0.231. The van der Waals surface area contributed by atoms with Crippen molar-refractivity contribution >= 4 is 23.7 Å². The number of hydrogen-bond donors (Lipinski definition) is 1. The second-order valence-electron chi connectivity index (χ2n) is 9.19. The minimum Gasteiger partial charge on any atom is -0.468 e. The van der Waals surface area contributed by atoms with Crippen LogP contribution in [0.5, 0.6) is 0 Å². The van der Waals surface area contributed by atoms with Crippen molar-refractivity contribution in [2.45, 2.75) is 38.4 Å². The van der Waals surface area contributed by atoms with E-state index in [0.717, 1.165) is 11.1 Å². The molecule has 35 heavy (non-hydrogen) atoms. The first-order valence-electron chi connectivity index (χ1n) is 11.9. The van der Waals surface area contributed by atoms with Gasteiger partial charge in [0.2, 0.25) is 17.7 Å². The maximum absolute atomic E-state index is 13.8. The molecule has 2 heterocycles. The zero-order valence-corrected chi connectivity index (χ0v) is 20.3. The van der Waals surface area contributed by atoms with Crippen molar-refractivity contribution in [3.05, 3.63) is 71.8 Å². The number of fused-ring (bicyclic) bond motifs is 1. The van der Waals surface area contributed by atoms with Crippen LogP contribution in [0.15, 0.2) is 60.7 Å². The molecule has 2 aliphatic heterocycles. The highest BCUT2D eigenvalue weighted by molar-refractivity contribution is 6.09. The molecule has 0 radical (unpaired) electrons. The Bertz CT molecular complexity index is 1110. The number of carbonyl (C=O) groups is 4. The van der Waals surface area contributed by atoms with Crippen molar-refractivity contribution in [1.82, 2.24) is 15.1 Å². The number of nitrogens with one attached hydrogen (secondary N) is 1. The highest BCUT2D eigenvalue weighted by atomic mass is 16.5. The molecule has 8 nitrogen and oxygen atoms in total. The minimum absolute atomic E-state index is 0.130. The zero-order valence-electron chi connectivity index (χ0n) is 20.3. The van der Waals surface area contributed by atoms with E-state index in [-0.39, 0.29) is 31.3 Å². The van der Waals surface area contributed by atoms with Crippen molar-refractivity contribution < 1.29 is 23.9 Å². The summed E-state index contributed by atoms with van der Waals surface area (Å²) in [6, 6.07) is 18.1. The number of hydrogen-bond acceptors (Lipinski definition) is 6. The fraction of sp³-hybridized carbons (Fsp3) is 0.407. The molecule has 1 N–H and O–H groups in total. The smallest absolute Gasteiger partial charge is 0.327 e. The van der Waals surface area contributed by atoms with E-state index in [9.17, 15) is 19.2 Å². The van der Waals surface area contributed by atoms with Crippen LogP contribution in [0.2, 0.25) is 0 Å². The van der Waals surface area contributed by atoms with Crippen LogP contribution in [0.25, 0.3) is 0 Å². The molecule has 0 aliphatic carbocycles. The number of ether oxygens (including phenoxy) is 1. The number of imide groups is 1. The molecule has 184 valence electrons. The van der Waals surface area contributed by atoms with Crippen LogP contribution in [-0.2, 0) is 36.9 Å². The second kappa shape index (κ2) is 10.00. The molecule has 0 spiro atoms. The largest absolute Gasteiger partial charge is 0.468 e. The van der Waals surface area contributed by atoms with Gasteiger partial charge in [0.15, 0.2) is 0 Å². The Morgan fingerprint density at radius 1 is 1.00 bits per heavy atom. The molecule has 2 fully saturated rings. The summed E-state index contributed by atoms with van der Waals surface area (Å²) in [4.78, 5) is 56.0. The van der Waals surface area contributed by atoms with Gasteiger partial charge < -0.3 is 9.64 Å². The van der Waals surface area contributed by atoms with E-state index in [4.69, 9.17) is 4.74 Å². The number of likely N-dealkylation sites (tertiary alicyclic amines) is 1. The standard InChI is InChI=1S/C27H31N3O5/c1-4-29(18(2)31)17-21-22-23(25(33)30(24(22)32)16-20-13-9-6-10-14-20)27(28-21,26(34)35-3)15-19-11-7-5-8-12-19/h5-14,21-23,28H,4,15-17H2,1-3H3/t21-,22+,23-,27-/m1/s1. The minimum atomic E-state index is -1.43. The fourth-order valence-electron chi connectivity index (χ4n) is 5.50. The summed E-state index contributed by atoms with van der Waals surface area (Å²) >= 11 is 0. The van der Waals surface area contributed by atoms with E-state index in [1.165, 1.54) is 18.9 Å². The van der Waals surface area contributed by atoms with Crippen LogP contribution in [0.4, 0.5) is 0 Å². The van der Waals surface area contributed by atoms with E-state index in [2.05, 4.69) is 5.32 Å². The summed E-state index contributed by atoms with van der Waals surface area (Å²) in [7, 11) is 1.29. The Hall–Kier alpha value is -3.52. The first-order valence-corrected chi connectivity index (χ1v) is 11.9. The number of carbonyl (C=O) groups excluding carboxylic acids is 4. The SMILES string of the molecule is CCN(C[C@H]1N[C@@](Cc2ccccc2)(C(=O)OC)[C@H]2C(=O)N(Cc3ccccc3)C(=O)[C@@H]12)C(C)=O. The van der Waals surface area contributed by atoms with Gasteiger partial charge in [0, 0.05) is 32.5 Å². The number of amides is 3. The number of nitrogens with zero attached hydrogens (tertiary/aromatic N) is 2. The molecule has 0 saturated carbocycles. The van der Waals surface area contributed by atoms with Crippen LogP contribution >= 0.6 is 0 Å². The van der Waals surface area contributed by atoms with Gasteiger partial charge in [-0.05, 0) is 18.1 Å². The van der Waals surface area contributed by atoms with Crippen molar-refractivity contribution in [2.24, 2.45) is 11.8 Å². The van der Waals surface area contributed by atoms with Crippen LogP contribution in [-0.4, -0.2) is 65.3 Å². The number of esters is 1. The normalized spacial score (nSPS) is 25.5. The van der Waals surface area contributed by atoms with Gasteiger partial charge in [0.05, 0.1) is 25.5 Å². The third kappa shape index (κ3) is 4.46. The predicted octanol–water partition coefficient (Wildman–Crippen LogP) is 1.78. The molecule has 2 aromatic rings. The topological polar surface area (TPSA) is 96.0 Å². The molecule has 3 amide bonds. The van der Waals surface area contributed by atoms with E-state index >= 15 is 0 Å². The van der Waals surface area contributed by atoms with Gasteiger partial charge in [-0.1, -0.05) is 60.7 Å². The maximum atomic E-state index is 13.8. The van der Waals surface area contributed by atoms with Gasteiger partial charge in [-0.2, -0.15) is 0 Å². The third-order valence-corrected chi connectivity index (χ3v) is 7.15. The van der Waals surface area contributed by atoms with Gasteiger partial charge in [-0.25, -0.2) is 0 Å². The molecule has 2 saturated heterocycles. The lowest BCUT2D eigenvalue weighted by molar-refractivity contribution is -0.154. The summed E-state index contributed by atoms with van der Waals surface area (Å²) in [6.07, 6.45) is 0.183. The number of methoxy groups -OCH3 is 1. The molecule has 4 rings (SSSR count). The predicted molar refractivity (Wildman–Crippen MR) is 129 cm³/mol. The maximum Gasteiger partial charge on any atom is 0.327 e. The van der Waals surface area contributed by atoms with Crippen molar-refractivity contribution in [3.8, 4) is 0 Å². The van der Waals surface area contributed by atoms with E-state index in [1.807, 2.05) is 67.6 Å². The summed E-state index contributed by atoms with van der Waals surface area (Å²) in [5, 5.41) is 3.33. The van der Waals surface area contributed by atoms with Gasteiger partial charge >= 0.3 is 5.97 Å². The average Bonchev–Trinajstić information content (AvgIpc) is 3.32. The zero-order chi connectivity index (χ0) is 25.2. The lowest BCUT2D eigenvalue weighted by Gasteiger charge is -2.33. The summed E-state index contributed by atoms with van der Waals surface area (Å²) in [5.74, 6) is -3.19. The Morgan fingerprint density at radius 3 is 2.14 bits per heavy atom. The van der Waals surface area contributed by atoms with E-state index < -0.39 is 35.3 Å². The quantitative estimate of drug-likeness (QED) is 0.460. The molecule has 0 unspecified atom stereocenters. The van der Waals surface area contributed by atoms with E-state index in [0.29, 0.717) is 6.54 Å². The fourth-order valence-corrected chi connectivity index (χ4v) is 5.50. The Morgan fingerprint density at radius 2 is 1.60 bits per heavy atom. The van der Waals surface area contributed by atoms with Crippen LogP contribution in [0.1, 0.15) is 25.0 Å². The molecule has 4 atom stereocenters. The van der Waals surface area contributed by atoms with Crippen LogP contribution < -0.4 is 5.32 Å². The molecule has 8 heteroatoms. The Kier molecular flexibility index (Phi) is 7.03.